The fourth-order valence-electron chi connectivity index (χ4n) is 2.68. The van der Waals surface area contributed by atoms with E-state index < -0.39 is 31.8 Å². The first-order valence-corrected chi connectivity index (χ1v) is 7.78. The van der Waals surface area contributed by atoms with Gasteiger partial charge in [-0.1, -0.05) is 30.3 Å². The summed E-state index contributed by atoms with van der Waals surface area (Å²) in [7, 11) is 0. The van der Waals surface area contributed by atoms with Gasteiger partial charge in [-0.25, -0.2) is 0 Å². The van der Waals surface area contributed by atoms with Crippen LogP contribution in [0.1, 0.15) is 5.56 Å². The van der Waals surface area contributed by atoms with Crippen LogP contribution in [0.5, 0.6) is 0 Å². The van der Waals surface area contributed by atoms with Crippen LogP contribution >= 0.6 is 0 Å². The minimum absolute atomic E-state index is 0.0711. The Morgan fingerprint density at radius 1 is 0.929 bits per heavy atom. The van der Waals surface area contributed by atoms with Crippen molar-refractivity contribution in [2.75, 3.05) is 5.32 Å². The molecule has 0 aliphatic heterocycles. The Bertz CT molecular complexity index is 1060. The Hall–Kier alpha value is -4.35. The Kier molecular flexibility index (Phi) is 4.68. The third-order valence-corrected chi connectivity index (χ3v) is 3.99. The zero-order valence-corrected chi connectivity index (χ0v) is 14.3. The molecule has 0 unspecified atom stereocenters. The van der Waals surface area contributed by atoms with Gasteiger partial charge in [0.15, 0.2) is 0 Å². The molecule has 28 heavy (non-hydrogen) atoms. The number of nitrogens with one attached hydrogen (secondary N) is 2. The number of rotatable bonds is 6. The average Bonchev–Trinajstić information content (AvgIpc) is 3.07. The van der Waals surface area contributed by atoms with E-state index in [0.29, 0.717) is 5.56 Å². The maximum absolute atomic E-state index is 11.6. The van der Waals surface area contributed by atoms with Crippen molar-refractivity contribution in [3.05, 3.63) is 78.4 Å². The predicted molar refractivity (Wildman–Crippen MR) is 98.4 cm³/mol. The number of H-pyrrole nitrogens is 1. The summed E-state index contributed by atoms with van der Waals surface area (Å²) in [6.07, 6.45) is 0. The molecule has 3 rings (SSSR count). The molecule has 1 aromatic heterocycles. The van der Waals surface area contributed by atoms with Gasteiger partial charge in [-0.15, -0.1) is 5.10 Å². The number of hydrogen-bond acceptors (Lipinski definition) is 8. The number of aromatic nitrogens is 2. The molecule has 0 atom stereocenters. The highest BCUT2D eigenvalue weighted by atomic mass is 16.6. The number of aromatic amines is 1. The van der Waals surface area contributed by atoms with Gasteiger partial charge in [-0.05, 0) is 6.92 Å². The number of nitro benzene ring substituents is 2. The maximum atomic E-state index is 11.6. The van der Waals surface area contributed by atoms with E-state index in [-0.39, 0.29) is 22.8 Å². The number of benzene rings is 2. The van der Waals surface area contributed by atoms with E-state index >= 15 is 0 Å². The highest BCUT2D eigenvalue weighted by Gasteiger charge is 2.28. The zero-order chi connectivity index (χ0) is 20.4. The molecule has 12 nitrogen and oxygen atoms in total. The molecule has 1 heterocycles. The van der Waals surface area contributed by atoms with E-state index in [1.165, 1.54) is 6.92 Å². The normalized spacial score (nSPS) is 10.5. The van der Waals surface area contributed by atoms with Crippen molar-refractivity contribution < 1.29 is 14.8 Å². The summed E-state index contributed by atoms with van der Waals surface area (Å²) >= 11 is 0. The van der Waals surface area contributed by atoms with Gasteiger partial charge >= 0.3 is 5.69 Å². The van der Waals surface area contributed by atoms with Crippen LogP contribution in [0.3, 0.4) is 0 Å². The molecule has 3 aromatic rings. The van der Waals surface area contributed by atoms with Gasteiger partial charge in [0, 0.05) is 17.7 Å². The first-order chi connectivity index (χ1) is 13.3. The maximum Gasteiger partial charge on any atom is 0.338 e. The highest BCUT2D eigenvalue weighted by molar-refractivity contribution is 5.80. The molecule has 12 heteroatoms. The van der Waals surface area contributed by atoms with Gasteiger partial charge in [-0.2, -0.15) is 0 Å². The van der Waals surface area contributed by atoms with Crippen molar-refractivity contribution in [2.45, 2.75) is 6.92 Å². The van der Waals surface area contributed by atoms with Crippen LogP contribution in [-0.2, 0) is 0 Å². The lowest BCUT2D eigenvalue weighted by atomic mass is 10.1. The third-order valence-electron chi connectivity index (χ3n) is 3.99. The van der Waals surface area contributed by atoms with E-state index in [2.05, 4.69) is 15.5 Å². The molecule has 142 valence electrons. The molecule has 0 aliphatic rings. The topological polar surface area (TPSA) is 170 Å². The molecular weight excluding hydrogens is 372 g/mol. The van der Waals surface area contributed by atoms with Crippen LogP contribution in [-0.4, -0.2) is 25.0 Å². The monoisotopic (exact) mass is 384 g/mol. The van der Waals surface area contributed by atoms with Crippen molar-refractivity contribution in [3.8, 4) is 11.3 Å². The first kappa shape index (κ1) is 18.4. The first-order valence-electron chi connectivity index (χ1n) is 7.78. The molecule has 0 amide bonds. The highest BCUT2D eigenvalue weighted by Crippen LogP contribution is 2.38. The largest absolute Gasteiger partial charge is 0.338 e. The lowest BCUT2D eigenvalue weighted by molar-refractivity contribution is -0.395. The standard InChI is InChI=1S/C16H12N6O6/c1-9-12(20(23)24)7-11(8-13(9)21(25)26)17-16-15(22(27)28)14(18-19-16)10-5-3-2-4-6-10/h2-8H,1H3,(H2,17,18,19). The van der Waals surface area contributed by atoms with Gasteiger partial charge < -0.3 is 5.32 Å². The average molecular weight is 384 g/mol. The molecule has 0 spiro atoms. The van der Waals surface area contributed by atoms with E-state index in [4.69, 9.17) is 0 Å². The molecule has 0 bridgehead atoms. The summed E-state index contributed by atoms with van der Waals surface area (Å²) in [4.78, 5) is 31.8. The summed E-state index contributed by atoms with van der Waals surface area (Å²) in [6.45, 7) is 1.25. The van der Waals surface area contributed by atoms with Gasteiger partial charge in [0.25, 0.3) is 11.4 Å². The summed E-state index contributed by atoms with van der Waals surface area (Å²) in [5, 5.41) is 42.9. The van der Waals surface area contributed by atoms with Gasteiger partial charge in [0.05, 0.1) is 20.5 Å². The van der Waals surface area contributed by atoms with E-state index in [9.17, 15) is 30.3 Å². The molecule has 2 aromatic carbocycles. The molecular formula is C16H12N6O6. The van der Waals surface area contributed by atoms with Crippen LogP contribution in [0.15, 0.2) is 42.5 Å². The second-order valence-electron chi connectivity index (χ2n) is 5.70. The molecule has 0 saturated heterocycles. The van der Waals surface area contributed by atoms with Crippen molar-refractivity contribution in [3.63, 3.8) is 0 Å². The quantitative estimate of drug-likeness (QED) is 0.476. The smallest absolute Gasteiger partial charge is 0.333 e. The molecule has 0 fully saturated rings. The molecule has 2 N–H and O–H groups in total. The van der Waals surface area contributed by atoms with Crippen LogP contribution in [0, 0.1) is 37.3 Å². The predicted octanol–water partition coefficient (Wildman–Crippen LogP) is 3.85. The van der Waals surface area contributed by atoms with Crippen LogP contribution in [0.4, 0.5) is 28.6 Å². The number of nitrogens with zero attached hydrogens (tertiary/aromatic N) is 4. The lowest BCUT2D eigenvalue weighted by Crippen LogP contribution is -2.01. The Labute approximate surface area is 156 Å². The Balaban J connectivity index is 2.10. The fourth-order valence-corrected chi connectivity index (χ4v) is 2.68. The minimum Gasteiger partial charge on any atom is -0.333 e. The SMILES string of the molecule is Cc1c([N+](=O)[O-])cc(Nc2n[nH]c(-c3ccccc3)c2[N+](=O)[O-])cc1[N+](=O)[O-]. The van der Waals surface area contributed by atoms with Gasteiger partial charge in [-0.3, -0.25) is 35.4 Å². The van der Waals surface area contributed by atoms with Gasteiger partial charge in [0.2, 0.25) is 5.82 Å². The van der Waals surface area contributed by atoms with Crippen molar-refractivity contribution in [2.24, 2.45) is 0 Å². The number of nitro groups is 3. The fraction of sp³-hybridized carbons (Fsp3) is 0.0625. The molecule has 0 aliphatic carbocycles. The Morgan fingerprint density at radius 3 is 2.00 bits per heavy atom. The van der Waals surface area contributed by atoms with Gasteiger partial charge in [0.1, 0.15) is 11.3 Å². The van der Waals surface area contributed by atoms with E-state index in [1.807, 2.05) is 0 Å². The Morgan fingerprint density at radius 2 is 1.50 bits per heavy atom. The van der Waals surface area contributed by atoms with Crippen LogP contribution in [0.25, 0.3) is 11.3 Å². The second-order valence-corrected chi connectivity index (χ2v) is 5.70. The molecule has 0 radical (unpaired) electrons. The van der Waals surface area contributed by atoms with Crippen molar-refractivity contribution in [1.82, 2.24) is 10.2 Å². The van der Waals surface area contributed by atoms with Crippen molar-refractivity contribution in [1.29, 1.82) is 0 Å². The number of anilines is 2. The summed E-state index contributed by atoms with van der Waals surface area (Å²) in [5.41, 5.74) is -0.923. The van der Waals surface area contributed by atoms with Crippen LogP contribution < -0.4 is 5.32 Å². The number of hydrogen-bond donors (Lipinski definition) is 2. The third kappa shape index (κ3) is 3.33. The van der Waals surface area contributed by atoms with E-state index in [1.54, 1.807) is 30.3 Å². The van der Waals surface area contributed by atoms with Crippen LogP contribution in [0.2, 0.25) is 0 Å². The minimum atomic E-state index is -0.762. The second kappa shape index (κ2) is 7.11. The zero-order valence-electron chi connectivity index (χ0n) is 14.3. The summed E-state index contributed by atoms with van der Waals surface area (Å²) in [6, 6.07) is 10.5. The molecule has 0 saturated carbocycles. The van der Waals surface area contributed by atoms with E-state index in [0.717, 1.165) is 12.1 Å². The van der Waals surface area contributed by atoms with Crippen molar-refractivity contribution >= 4 is 28.6 Å². The lowest BCUT2D eigenvalue weighted by Gasteiger charge is -2.06. The summed E-state index contributed by atoms with van der Waals surface area (Å²) in [5.74, 6) is -0.226. The summed E-state index contributed by atoms with van der Waals surface area (Å²) < 4.78 is 0.